The molecule has 0 saturated heterocycles. The lowest BCUT2D eigenvalue weighted by atomic mass is 10.1. The van der Waals surface area contributed by atoms with Crippen molar-refractivity contribution >= 4 is 23.2 Å². The monoisotopic (exact) mass is 327 g/mol. The smallest absolute Gasteiger partial charge is 0.254 e. The van der Waals surface area contributed by atoms with Gasteiger partial charge >= 0.3 is 0 Å². The van der Waals surface area contributed by atoms with Crippen molar-refractivity contribution in [3.05, 3.63) is 52.0 Å². The number of hydrogen-bond donors (Lipinski definition) is 0. The van der Waals surface area contributed by atoms with Gasteiger partial charge in [0.15, 0.2) is 0 Å². The van der Waals surface area contributed by atoms with E-state index in [0.29, 0.717) is 19.1 Å². The molecule has 1 aromatic heterocycles. The quantitative estimate of drug-likeness (QED) is 0.847. The van der Waals surface area contributed by atoms with Crippen molar-refractivity contribution in [1.29, 1.82) is 0 Å². The molecule has 0 unspecified atom stereocenters. The van der Waals surface area contributed by atoms with E-state index in [-0.39, 0.29) is 18.4 Å². The zero-order valence-electron chi connectivity index (χ0n) is 12.6. The van der Waals surface area contributed by atoms with E-state index in [9.17, 15) is 9.59 Å². The first-order valence-corrected chi connectivity index (χ1v) is 8.65. The highest BCUT2D eigenvalue weighted by Crippen LogP contribution is 2.30. The fourth-order valence-electron chi connectivity index (χ4n) is 2.98. The average molecular weight is 327 g/mol. The number of hydrogen-bond acceptors (Lipinski definition) is 4. The fraction of sp³-hybridized carbons (Fsp3) is 0.353. The van der Waals surface area contributed by atoms with E-state index in [0.717, 1.165) is 29.0 Å². The Morgan fingerprint density at radius 1 is 1.35 bits per heavy atom. The van der Waals surface area contributed by atoms with Crippen molar-refractivity contribution in [2.75, 3.05) is 6.54 Å². The molecule has 23 heavy (non-hydrogen) atoms. The highest BCUT2D eigenvalue weighted by atomic mass is 32.1. The minimum absolute atomic E-state index is 0.0175. The van der Waals surface area contributed by atoms with Crippen LogP contribution in [0.2, 0.25) is 0 Å². The lowest BCUT2D eigenvalue weighted by Gasteiger charge is -2.24. The van der Waals surface area contributed by atoms with Crippen LogP contribution in [0.5, 0.6) is 0 Å². The van der Waals surface area contributed by atoms with Gasteiger partial charge < -0.3 is 9.80 Å². The number of amides is 2. The number of thiazole rings is 1. The molecule has 1 aromatic carbocycles. The van der Waals surface area contributed by atoms with Gasteiger partial charge in [0, 0.05) is 29.7 Å². The molecule has 5 nitrogen and oxygen atoms in total. The lowest BCUT2D eigenvalue weighted by molar-refractivity contribution is -0.133. The van der Waals surface area contributed by atoms with E-state index in [4.69, 9.17) is 0 Å². The first-order valence-electron chi connectivity index (χ1n) is 7.77. The predicted octanol–water partition coefficient (Wildman–Crippen LogP) is 2.29. The average Bonchev–Trinajstić information content (AvgIpc) is 3.17. The first-order chi connectivity index (χ1) is 11.2. The Morgan fingerprint density at radius 3 is 2.87 bits per heavy atom. The zero-order chi connectivity index (χ0) is 15.8. The van der Waals surface area contributed by atoms with Gasteiger partial charge in [-0.15, -0.1) is 11.3 Å². The number of nitrogens with zero attached hydrogens (tertiary/aromatic N) is 3. The largest absolute Gasteiger partial charge is 0.331 e. The Bertz CT molecular complexity index is 740. The summed E-state index contributed by atoms with van der Waals surface area (Å²) < 4.78 is 0. The van der Waals surface area contributed by atoms with Crippen molar-refractivity contribution in [3.63, 3.8) is 0 Å². The minimum Gasteiger partial charge on any atom is -0.331 e. The van der Waals surface area contributed by atoms with Gasteiger partial charge in [-0.05, 0) is 24.5 Å². The maximum atomic E-state index is 12.7. The number of rotatable bonds is 5. The molecule has 0 N–H and O–H groups in total. The topological polar surface area (TPSA) is 53.5 Å². The normalized spacial score (nSPS) is 16.5. The highest BCUT2D eigenvalue weighted by molar-refractivity contribution is 7.09. The van der Waals surface area contributed by atoms with E-state index in [1.165, 1.54) is 0 Å². The molecule has 0 atom stereocenters. The van der Waals surface area contributed by atoms with Crippen LogP contribution in [0.25, 0.3) is 0 Å². The molecule has 0 bridgehead atoms. The van der Waals surface area contributed by atoms with Crippen LogP contribution in [0.15, 0.2) is 35.8 Å². The van der Waals surface area contributed by atoms with Crippen molar-refractivity contribution in [2.45, 2.75) is 32.0 Å². The Morgan fingerprint density at radius 2 is 2.17 bits per heavy atom. The number of benzene rings is 1. The maximum absolute atomic E-state index is 12.7. The summed E-state index contributed by atoms with van der Waals surface area (Å²) >= 11 is 1.56. The summed E-state index contributed by atoms with van der Waals surface area (Å²) in [6.07, 6.45) is 3.85. The lowest BCUT2D eigenvalue weighted by Crippen LogP contribution is -2.41. The Balaban J connectivity index is 1.46. The molecule has 6 heteroatoms. The number of fused-ring (bicyclic) bond motifs is 1. The molecule has 4 rings (SSSR count). The van der Waals surface area contributed by atoms with Gasteiger partial charge in [0.25, 0.3) is 5.91 Å². The van der Waals surface area contributed by atoms with Gasteiger partial charge in [-0.1, -0.05) is 18.2 Å². The number of carbonyl (C=O) groups is 2. The molecule has 2 heterocycles. The summed E-state index contributed by atoms with van der Waals surface area (Å²) in [7, 11) is 0. The van der Waals surface area contributed by atoms with E-state index in [1.807, 2.05) is 34.5 Å². The molecule has 2 aliphatic rings. The second-order valence-electron chi connectivity index (χ2n) is 6.00. The molecule has 0 radical (unpaired) electrons. The Hall–Kier alpha value is -2.21. The molecule has 1 aliphatic carbocycles. The molecular weight excluding hydrogens is 310 g/mol. The van der Waals surface area contributed by atoms with Crippen LogP contribution in [-0.2, 0) is 17.9 Å². The zero-order valence-corrected chi connectivity index (χ0v) is 13.5. The third-order valence-corrected chi connectivity index (χ3v) is 5.08. The molecule has 1 saturated carbocycles. The molecule has 1 fully saturated rings. The van der Waals surface area contributed by atoms with Gasteiger partial charge in [0.1, 0.15) is 11.6 Å². The predicted molar refractivity (Wildman–Crippen MR) is 86.9 cm³/mol. The van der Waals surface area contributed by atoms with Crippen LogP contribution in [0, 0.1) is 0 Å². The maximum Gasteiger partial charge on any atom is 0.254 e. The molecule has 1 aliphatic heterocycles. The van der Waals surface area contributed by atoms with E-state index in [2.05, 4.69) is 4.98 Å². The van der Waals surface area contributed by atoms with E-state index < -0.39 is 0 Å². The summed E-state index contributed by atoms with van der Waals surface area (Å²) in [6.45, 7) is 1.22. The summed E-state index contributed by atoms with van der Waals surface area (Å²) in [6, 6.07) is 7.88. The highest BCUT2D eigenvalue weighted by Gasteiger charge is 2.35. The minimum atomic E-state index is -0.0426. The van der Waals surface area contributed by atoms with E-state index >= 15 is 0 Å². The van der Waals surface area contributed by atoms with Gasteiger partial charge in [0.05, 0.1) is 6.54 Å². The summed E-state index contributed by atoms with van der Waals surface area (Å²) in [5.41, 5.74) is 1.72. The Kier molecular flexibility index (Phi) is 3.61. The van der Waals surface area contributed by atoms with Crippen molar-refractivity contribution < 1.29 is 9.59 Å². The van der Waals surface area contributed by atoms with E-state index in [1.54, 1.807) is 22.4 Å². The van der Waals surface area contributed by atoms with Crippen LogP contribution in [0.3, 0.4) is 0 Å². The number of carbonyl (C=O) groups excluding carboxylic acids is 2. The van der Waals surface area contributed by atoms with Crippen LogP contribution in [0.1, 0.15) is 33.8 Å². The number of aromatic nitrogens is 1. The van der Waals surface area contributed by atoms with Crippen LogP contribution in [0.4, 0.5) is 0 Å². The third kappa shape index (κ3) is 2.86. The SMILES string of the molecule is O=C1c2ccccc2CN1CC(=O)N(Cc1nccs1)C1CC1. The van der Waals surface area contributed by atoms with Crippen LogP contribution >= 0.6 is 11.3 Å². The second kappa shape index (κ2) is 5.77. The Labute approximate surface area is 138 Å². The van der Waals surface area contributed by atoms with Gasteiger partial charge in [-0.2, -0.15) is 0 Å². The molecule has 0 spiro atoms. The summed E-state index contributed by atoms with van der Waals surface area (Å²) in [4.78, 5) is 32.9. The molecule has 118 valence electrons. The summed E-state index contributed by atoms with van der Waals surface area (Å²) in [5, 5.41) is 2.87. The second-order valence-corrected chi connectivity index (χ2v) is 6.98. The third-order valence-electron chi connectivity index (χ3n) is 4.32. The standard InChI is InChI=1S/C17H17N3O2S/c21-16(20(13-5-6-13)10-15-18-7-8-23-15)11-19-9-12-3-1-2-4-14(12)17(19)22/h1-4,7-8,13H,5-6,9-11H2. The van der Waals surface area contributed by atoms with Crippen LogP contribution < -0.4 is 0 Å². The van der Waals surface area contributed by atoms with Crippen LogP contribution in [-0.4, -0.2) is 39.2 Å². The fourth-order valence-corrected chi connectivity index (χ4v) is 3.59. The van der Waals surface area contributed by atoms with Gasteiger partial charge in [-0.25, -0.2) is 4.98 Å². The summed E-state index contributed by atoms with van der Waals surface area (Å²) in [5.74, 6) is -0.0252. The van der Waals surface area contributed by atoms with Crippen molar-refractivity contribution in [1.82, 2.24) is 14.8 Å². The van der Waals surface area contributed by atoms with Gasteiger partial charge in [-0.3, -0.25) is 9.59 Å². The molecule has 2 aromatic rings. The molecule has 2 amide bonds. The van der Waals surface area contributed by atoms with Crippen molar-refractivity contribution in [2.24, 2.45) is 0 Å². The van der Waals surface area contributed by atoms with Gasteiger partial charge in [0.2, 0.25) is 5.91 Å². The molecular formula is C17H17N3O2S. The first kappa shape index (κ1) is 14.4. The van der Waals surface area contributed by atoms with Crippen molar-refractivity contribution in [3.8, 4) is 0 Å².